The standard InChI is InChI=1S/C15H23N3/c1-2-8-16-11-14-6-7-15(17-12-14)13-18-9-4-3-5-10-18/h3-4,6-7,12,16H,2,5,8-11,13H2,1H3. The Hall–Kier alpha value is -1.19. The Morgan fingerprint density at radius 2 is 2.28 bits per heavy atom. The van der Waals surface area contributed by atoms with Gasteiger partial charge in [-0.2, -0.15) is 0 Å². The normalized spacial score (nSPS) is 16.1. The maximum atomic E-state index is 4.55. The lowest BCUT2D eigenvalue weighted by Crippen LogP contribution is -2.27. The molecule has 98 valence electrons. The molecule has 1 N–H and O–H groups in total. The molecule has 0 aromatic carbocycles. The van der Waals surface area contributed by atoms with Gasteiger partial charge in [-0.3, -0.25) is 9.88 Å². The second kappa shape index (κ2) is 7.29. The SMILES string of the molecule is CCCNCc1ccc(CN2CC=CCC2)nc1. The minimum atomic E-state index is 0.924. The van der Waals surface area contributed by atoms with Gasteiger partial charge in [0, 0.05) is 32.4 Å². The van der Waals surface area contributed by atoms with Gasteiger partial charge in [0.15, 0.2) is 0 Å². The highest BCUT2D eigenvalue weighted by Gasteiger charge is 2.07. The van der Waals surface area contributed by atoms with Gasteiger partial charge < -0.3 is 5.32 Å². The average Bonchev–Trinajstić information content (AvgIpc) is 2.42. The number of rotatable bonds is 6. The molecule has 0 aliphatic carbocycles. The van der Waals surface area contributed by atoms with E-state index in [1.165, 1.54) is 24.1 Å². The Morgan fingerprint density at radius 3 is 2.94 bits per heavy atom. The van der Waals surface area contributed by atoms with Crippen LogP contribution in [0.2, 0.25) is 0 Å². The van der Waals surface area contributed by atoms with E-state index in [0.29, 0.717) is 0 Å². The minimum Gasteiger partial charge on any atom is -0.313 e. The Kier molecular flexibility index (Phi) is 5.36. The van der Waals surface area contributed by atoms with E-state index in [4.69, 9.17) is 0 Å². The van der Waals surface area contributed by atoms with E-state index in [2.05, 4.69) is 46.4 Å². The van der Waals surface area contributed by atoms with Crippen LogP contribution in [0.3, 0.4) is 0 Å². The van der Waals surface area contributed by atoms with Crippen LogP contribution < -0.4 is 5.32 Å². The number of hydrogen-bond donors (Lipinski definition) is 1. The van der Waals surface area contributed by atoms with Gasteiger partial charge in [0.05, 0.1) is 5.69 Å². The van der Waals surface area contributed by atoms with Crippen LogP contribution in [0.25, 0.3) is 0 Å². The predicted molar refractivity (Wildman–Crippen MR) is 75.3 cm³/mol. The van der Waals surface area contributed by atoms with Crippen molar-refractivity contribution in [2.24, 2.45) is 0 Å². The van der Waals surface area contributed by atoms with Gasteiger partial charge in [-0.15, -0.1) is 0 Å². The molecule has 1 aromatic heterocycles. The summed E-state index contributed by atoms with van der Waals surface area (Å²) < 4.78 is 0. The number of hydrogen-bond acceptors (Lipinski definition) is 3. The average molecular weight is 245 g/mol. The fourth-order valence-corrected chi connectivity index (χ4v) is 2.13. The van der Waals surface area contributed by atoms with Gasteiger partial charge in [-0.05, 0) is 31.0 Å². The Labute approximate surface area is 110 Å². The first-order valence-corrected chi connectivity index (χ1v) is 6.90. The maximum Gasteiger partial charge on any atom is 0.0544 e. The van der Waals surface area contributed by atoms with E-state index in [1.807, 2.05) is 6.20 Å². The monoisotopic (exact) mass is 245 g/mol. The fraction of sp³-hybridized carbons (Fsp3) is 0.533. The number of nitrogens with one attached hydrogen (secondary N) is 1. The summed E-state index contributed by atoms with van der Waals surface area (Å²) in [4.78, 5) is 6.97. The summed E-state index contributed by atoms with van der Waals surface area (Å²) in [5, 5.41) is 3.39. The summed E-state index contributed by atoms with van der Waals surface area (Å²) in [6.45, 7) is 7.35. The molecule has 0 spiro atoms. The van der Waals surface area contributed by atoms with E-state index in [0.717, 1.165) is 32.7 Å². The molecule has 3 nitrogen and oxygen atoms in total. The Balaban J connectivity index is 1.81. The first-order chi connectivity index (χ1) is 8.88. The zero-order valence-electron chi connectivity index (χ0n) is 11.2. The summed E-state index contributed by atoms with van der Waals surface area (Å²) in [5.41, 5.74) is 2.44. The van der Waals surface area contributed by atoms with Crippen LogP contribution in [-0.4, -0.2) is 29.5 Å². The predicted octanol–water partition coefficient (Wildman–Crippen LogP) is 2.34. The van der Waals surface area contributed by atoms with Crippen molar-refractivity contribution >= 4 is 0 Å². The second-order valence-electron chi connectivity index (χ2n) is 4.83. The van der Waals surface area contributed by atoms with Crippen molar-refractivity contribution in [3.63, 3.8) is 0 Å². The van der Waals surface area contributed by atoms with Gasteiger partial charge in [0.1, 0.15) is 0 Å². The molecule has 0 radical (unpaired) electrons. The topological polar surface area (TPSA) is 28.2 Å². The van der Waals surface area contributed by atoms with Gasteiger partial charge in [-0.1, -0.05) is 25.1 Å². The second-order valence-corrected chi connectivity index (χ2v) is 4.83. The van der Waals surface area contributed by atoms with Crippen molar-refractivity contribution in [3.05, 3.63) is 41.7 Å². The smallest absolute Gasteiger partial charge is 0.0544 e. The maximum absolute atomic E-state index is 4.55. The van der Waals surface area contributed by atoms with Crippen LogP contribution in [0.15, 0.2) is 30.5 Å². The molecular formula is C15H23N3. The quantitative estimate of drug-likeness (QED) is 0.616. The van der Waals surface area contributed by atoms with Crippen LogP contribution in [0.1, 0.15) is 31.0 Å². The van der Waals surface area contributed by atoms with E-state index in [9.17, 15) is 0 Å². The number of pyridine rings is 1. The van der Waals surface area contributed by atoms with E-state index >= 15 is 0 Å². The summed E-state index contributed by atoms with van der Waals surface area (Å²) >= 11 is 0. The molecule has 2 heterocycles. The molecule has 1 aliphatic rings. The molecule has 0 amide bonds. The van der Waals surface area contributed by atoms with Crippen molar-refractivity contribution in [2.45, 2.75) is 32.9 Å². The Bertz CT molecular complexity index is 370. The zero-order valence-corrected chi connectivity index (χ0v) is 11.2. The lowest BCUT2D eigenvalue weighted by molar-refractivity contribution is 0.287. The molecule has 0 atom stereocenters. The van der Waals surface area contributed by atoms with E-state index in [1.54, 1.807) is 0 Å². The van der Waals surface area contributed by atoms with E-state index in [-0.39, 0.29) is 0 Å². The highest BCUT2D eigenvalue weighted by molar-refractivity contribution is 5.14. The van der Waals surface area contributed by atoms with E-state index < -0.39 is 0 Å². The highest BCUT2D eigenvalue weighted by atomic mass is 15.1. The lowest BCUT2D eigenvalue weighted by Gasteiger charge is -2.22. The minimum absolute atomic E-state index is 0.924. The van der Waals surface area contributed by atoms with Crippen LogP contribution in [0.4, 0.5) is 0 Å². The van der Waals surface area contributed by atoms with Crippen molar-refractivity contribution in [3.8, 4) is 0 Å². The number of aromatic nitrogens is 1. The third-order valence-electron chi connectivity index (χ3n) is 3.17. The van der Waals surface area contributed by atoms with Crippen LogP contribution in [-0.2, 0) is 13.1 Å². The first kappa shape index (κ1) is 13.2. The van der Waals surface area contributed by atoms with Gasteiger partial charge in [0.2, 0.25) is 0 Å². The molecule has 2 rings (SSSR count). The fourth-order valence-electron chi connectivity index (χ4n) is 2.13. The summed E-state index contributed by atoms with van der Waals surface area (Å²) in [7, 11) is 0. The molecule has 3 heteroatoms. The summed E-state index contributed by atoms with van der Waals surface area (Å²) in [5.74, 6) is 0. The third-order valence-corrected chi connectivity index (χ3v) is 3.17. The van der Waals surface area contributed by atoms with Crippen LogP contribution in [0, 0.1) is 0 Å². The molecule has 0 saturated carbocycles. The molecule has 0 saturated heterocycles. The van der Waals surface area contributed by atoms with Gasteiger partial charge in [0.25, 0.3) is 0 Å². The Morgan fingerprint density at radius 1 is 1.33 bits per heavy atom. The molecule has 0 fully saturated rings. The van der Waals surface area contributed by atoms with Crippen molar-refractivity contribution in [2.75, 3.05) is 19.6 Å². The summed E-state index contributed by atoms with van der Waals surface area (Å²) in [6, 6.07) is 4.34. The molecule has 18 heavy (non-hydrogen) atoms. The molecule has 0 bridgehead atoms. The molecular weight excluding hydrogens is 222 g/mol. The zero-order chi connectivity index (χ0) is 12.6. The molecule has 1 aliphatic heterocycles. The first-order valence-electron chi connectivity index (χ1n) is 6.90. The van der Waals surface area contributed by atoms with Gasteiger partial charge in [-0.25, -0.2) is 0 Å². The molecule has 1 aromatic rings. The highest BCUT2D eigenvalue weighted by Crippen LogP contribution is 2.07. The van der Waals surface area contributed by atoms with Crippen molar-refractivity contribution < 1.29 is 0 Å². The van der Waals surface area contributed by atoms with Crippen LogP contribution >= 0.6 is 0 Å². The lowest BCUT2D eigenvalue weighted by atomic mass is 10.2. The third kappa shape index (κ3) is 4.24. The number of nitrogens with zero attached hydrogens (tertiary/aromatic N) is 2. The molecule has 0 unspecified atom stereocenters. The van der Waals surface area contributed by atoms with Crippen molar-refractivity contribution in [1.82, 2.24) is 15.2 Å². The van der Waals surface area contributed by atoms with Crippen molar-refractivity contribution in [1.29, 1.82) is 0 Å². The summed E-state index contributed by atoms with van der Waals surface area (Å²) in [6.07, 6.45) is 8.84. The largest absolute Gasteiger partial charge is 0.313 e. The van der Waals surface area contributed by atoms with Crippen LogP contribution in [0.5, 0.6) is 0 Å². The van der Waals surface area contributed by atoms with Gasteiger partial charge >= 0.3 is 0 Å².